The molecule has 1 aromatic heterocycles. The summed E-state index contributed by atoms with van der Waals surface area (Å²) in [6, 6.07) is 16.4. The fourth-order valence-electron chi connectivity index (χ4n) is 3.82. The van der Waals surface area contributed by atoms with Gasteiger partial charge in [-0.2, -0.15) is 0 Å². The first-order valence-corrected chi connectivity index (χ1v) is 13.0. The van der Waals surface area contributed by atoms with Gasteiger partial charge >= 0.3 is 0 Å². The first-order chi connectivity index (χ1) is 15.7. The molecule has 0 aliphatic carbocycles. The lowest BCUT2D eigenvalue weighted by molar-refractivity contribution is -0.118. The van der Waals surface area contributed by atoms with E-state index >= 15 is 0 Å². The highest BCUT2D eigenvalue weighted by Crippen LogP contribution is 2.24. The van der Waals surface area contributed by atoms with Crippen molar-refractivity contribution >= 4 is 44.9 Å². The number of benzene rings is 2. The van der Waals surface area contributed by atoms with Crippen LogP contribution >= 0.6 is 23.1 Å². The second-order valence-corrected chi connectivity index (χ2v) is 9.90. The van der Waals surface area contributed by atoms with E-state index in [4.69, 9.17) is 4.74 Å². The van der Waals surface area contributed by atoms with Crippen LogP contribution < -0.4 is 15.0 Å². The molecule has 0 radical (unpaired) electrons. The van der Waals surface area contributed by atoms with Gasteiger partial charge in [0.25, 0.3) is 0 Å². The molecule has 2 heterocycles. The topological polar surface area (TPSA) is 57.7 Å². The molecule has 0 atom stereocenters. The molecule has 170 valence electrons. The second-order valence-electron chi connectivity index (χ2n) is 7.80. The van der Waals surface area contributed by atoms with Gasteiger partial charge in [0, 0.05) is 44.2 Å². The van der Waals surface area contributed by atoms with E-state index in [0.29, 0.717) is 5.75 Å². The average Bonchev–Trinajstić information content (AvgIpc) is 3.25. The lowest BCUT2D eigenvalue weighted by Crippen LogP contribution is -2.47. The molecule has 0 saturated carbocycles. The fourth-order valence-corrected chi connectivity index (χ4v) is 5.69. The van der Waals surface area contributed by atoms with Gasteiger partial charge in [0.1, 0.15) is 10.8 Å². The normalized spacial score (nSPS) is 14.6. The van der Waals surface area contributed by atoms with Gasteiger partial charge in [0.05, 0.1) is 23.1 Å². The zero-order chi connectivity index (χ0) is 22.2. The van der Waals surface area contributed by atoms with Gasteiger partial charge in [0.15, 0.2) is 0 Å². The van der Waals surface area contributed by atoms with Crippen LogP contribution in [0.15, 0.2) is 48.5 Å². The summed E-state index contributed by atoms with van der Waals surface area (Å²) >= 11 is 3.34. The smallest absolute Gasteiger partial charge is 0.230 e. The summed E-state index contributed by atoms with van der Waals surface area (Å²) in [5, 5.41) is 4.14. The molecule has 1 aliphatic heterocycles. The Morgan fingerprint density at radius 3 is 2.66 bits per heavy atom. The van der Waals surface area contributed by atoms with Crippen molar-refractivity contribution in [3.8, 4) is 5.75 Å². The maximum absolute atomic E-state index is 12.1. The molecule has 1 fully saturated rings. The van der Waals surface area contributed by atoms with E-state index < -0.39 is 0 Å². The molecule has 0 bridgehead atoms. The molecule has 8 heteroatoms. The number of aromatic nitrogens is 1. The molecule has 1 N–H and O–H groups in total. The van der Waals surface area contributed by atoms with E-state index in [9.17, 15) is 4.79 Å². The van der Waals surface area contributed by atoms with Crippen LogP contribution in [0, 0.1) is 0 Å². The molecular weight excluding hydrogens is 440 g/mol. The monoisotopic (exact) mass is 470 g/mol. The van der Waals surface area contributed by atoms with Crippen LogP contribution in [-0.4, -0.2) is 67.9 Å². The molecule has 0 unspecified atom stereocenters. The van der Waals surface area contributed by atoms with Crippen molar-refractivity contribution in [3.05, 3.63) is 53.5 Å². The standard InChI is InChI=1S/C24H30N4O2S2/c1-30-20-9-7-19(8-10-20)28-15-13-27(14-16-28)12-4-11-25-23(29)17-31-18-24-26-21-5-2-3-6-22(21)32-24/h2-3,5-10H,4,11-18H2,1H3,(H,25,29). The number of hydrogen-bond acceptors (Lipinski definition) is 7. The Morgan fingerprint density at radius 2 is 1.91 bits per heavy atom. The minimum absolute atomic E-state index is 0.112. The van der Waals surface area contributed by atoms with E-state index in [0.717, 1.165) is 67.7 Å². The minimum atomic E-state index is 0.112. The van der Waals surface area contributed by atoms with Crippen molar-refractivity contribution in [3.63, 3.8) is 0 Å². The number of anilines is 1. The number of fused-ring (bicyclic) bond motifs is 1. The average molecular weight is 471 g/mol. The number of carbonyl (C=O) groups excluding carboxylic acids is 1. The van der Waals surface area contributed by atoms with Crippen molar-refractivity contribution < 1.29 is 9.53 Å². The molecule has 1 saturated heterocycles. The summed E-state index contributed by atoms with van der Waals surface area (Å²) in [7, 11) is 1.69. The van der Waals surface area contributed by atoms with E-state index in [1.807, 2.05) is 30.3 Å². The number of rotatable bonds is 10. The third-order valence-corrected chi connectivity index (χ3v) is 7.74. The van der Waals surface area contributed by atoms with Gasteiger partial charge in [-0.25, -0.2) is 4.98 Å². The Bertz CT molecular complexity index is 968. The SMILES string of the molecule is COc1ccc(N2CCN(CCCNC(=O)CSCc3nc4ccccc4s3)CC2)cc1. The number of nitrogens with zero attached hydrogens (tertiary/aromatic N) is 3. The van der Waals surface area contributed by atoms with Gasteiger partial charge in [-0.15, -0.1) is 23.1 Å². The number of hydrogen-bond donors (Lipinski definition) is 1. The molecular formula is C24H30N4O2S2. The molecule has 6 nitrogen and oxygen atoms in total. The van der Waals surface area contributed by atoms with E-state index in [2.05, 4.69) is 38.3 Å². The van der Waals surface area contributed by atoms with Gasteiger partial charge in [-0.3, -0.25) is 9.69 Å². The Balaban J connectivity index is 1.07. The van der Waals surface area contributed by atoms with Crippen molar-refractivity contribution in [2.24, 2.45) is 0 Å². The largest absolute Gasteiger partial charge is 0.497 e. The second kappa shape index (κ2) is 11.5. The third-order valence-electron chi connectivity index (χ3n) is 5.58. The van der Waals surface area contributed by atoms with Crippen molar-refractivity contribution in [2.45, 2.75) is 12.2 Å². The number of ether oxygens (including phenoxy) is 1. The van der Waals surface area contributed by atoms with Crippen LogP contribution in [0.5, 0.6) is 5.75 Å². The predicted octanol–water partition coefficient (Wildman–Crippen LogP) is 3.87. The minimum Gasteiger partial charge on any atom is -0.497 e. The van der Waals surface area contributed by atoms with Crippen LogP contribution in [0.25, 0.3) is 10.2 Å². The van der Waals surface area contributed by atoms with Crippen LogP contribution in [0.4, 0.5) is 5.69 Å². The summed E-state index contributed by atoms with van der Waals surface area (Å²) in [4.78, 5) is 21.6. The van der Waals surface area contributed by atoms with Gasteiger partial charge in [-0.1, -0.05) is 12.1 Å². The number of thiazole rings is 1. The highest BCUT2D eigenvalue weighted by Gasteiger charge is 2.17. The van der Waals surface area contributed by atoms with Crippen LogP contribution in [0.1, 0.15) is 11.4 Å². The van der Waals surface area contributed by atoms with Crippen molar-refractivity contribution in [1.82, 2.24) is 15.2 Å². The Labute approximate surface area is 198 Å². The Hall–Kier alpha value is -2.29. The lowest BCUT2D eigenvalue weighted by atomic mass is 10.2. The molecule has 1 amide bonds. The van der Waals surface area contributed by atoms with Gasteiger partial charge < -0.3 is 15.0 Å². The lowest BCUT2D eigenvalue weighted by Gasteiger charge is -2.36. The zero-order valence-electron chi connectivity index (χ0n) is 18.5. The Morgan fingerprint density at radius 1 is 1.12 bits per heavy atom. The van der Waals surface area contributed by atoms with E-state index in [1.54, 1.807) is 30.2 Å². The fraction of sp³-hybridized carbons (Fsp3) is 0.417. The number of amides is 1. The zero-order valence-corrected chi connectivity index (χ0v) is 20.1. The maximum Gasteiger partial charge on any atom is 0.230 e. The molecule has 4 rings (SSSR count). The van der Waals surface area contributed by atoms with Crippen LogP contribution in [-0.2, 0) is 10.5 Å². The van der Waals surface area contributed by atoms with E-state index in [1.165, 1.54) is 10.4 Å². The first-order valence-electron chi connectivity index (χ1n) is 11.0. The Kier molecular flexibility index (Phi) is 8.25. The first kappa shape index (κ1) is 22.9. The van der Waals surface area contributed by atoms with Crippen LogP contribution in [0.2, 0.25) is 0 Å². The highest BCUT2D eigenvalue weighted by molar-refractivity contribution is 7.99. The summed E-state index contributed by atoms with van der Waals surface area (Å²) < 4.78 is 6.44. The van der Waals surface area contributed by atoms with Crippen LogP contribution in [0.3, 0.4) is 0 Å². The number of piperazine rings is 1. The molecule has 1 aliphatic rings. The number of thioether (sulfide) groups is 1. The molecule has 32 heavy (non-hydrogen) atoms. The molecule has 2 aromatic carbocycles. The molecule has 0 spiro atoms. The number of nitrogens with one attached hydrogen (secondary N) is 1. The van der Waals surface area contributed by atoms with Crippen molar-refractivity contribution in [2.75, 3.05) is 57.0 Å². The summed E-state index contributed by atoms with van der Waals surface area (Å²) in [6.45, 7) is 5.92. The number of carbonyl (C=O) groups is 1. The quantitative estimate of drug-likeness (QED) is 0.454. The summed E-state index contributed by atoms with van der Waals surface area (Å²) in [6.07, 6.45) is 0.983. The van der Waals surface area contributed by atoms with Gasteiger partial charge in [0.2, 0.25) is 5.91 Å². The summed E-state index contributed by atoms with van der Waals surface area (Å²) in [5.41, 5.74) is 2.29. The maximum atomic E-state index is 12.1. The van der Waals surface area contributed by atoms with Gasteiger partial charge in [-0.05, 0) is 49.4 Å². The highest BCUT2D eigenvalue weighted by atomic mass is 32.2. The van der Waals surface area contributed by atoms with Crippen molar-refractivity contribution in [1.29, 1.82) is 0 Å². The number of methoxy groups -OCH3 is 1. The predicted molar refractivity (Wildman–Crippen MR) is 135 cm³/mol. The van der Waals surface area contributed by atoms with E-state index in [-0.39, 0.29) is 5.91 Å². The third kappa shape index (κ3) is 6.37. The summed E-state index contributed by atoms with van der Waals surface area (Å²) in [5.74, 6) is 2.27. The molecule has 3 aromatic rings. The number of para-hydroxylation sites is 1.